The number of sulfonamides is 1. The topological polar surface area (TPSA) is 58.2 Å². The lowest BCUT2D eigenvalue weighted by molar-refractivity contribution is 0.536. The summed E-state index contributed by atoms with van der Waals surface area (Å²) >= 11 is 11.5. The van der Waals surface area contributed by atoms with Crippen molar-refractivity contribution >= 4 is 33.2 Å². The minimum Gasteiger partial charge on any atom is -0.313 e. The van der Waals surface area contributed by atoms with Crippen LogP contribution >= 0.6 is 23.2 Å². The van der Waals surface area contributed by atoms with Gasteiger partial charge < -0.3 is 5.32 Å². The summed E-state index contributed by atoms with van der Waals surface area (Å²) in [6, 6.07) is 4.29. The van der Waals surface area contributed by atoms with E-state index >= 15 is 0 Å². The molecule has 0 saturated heterocycles. The number of hydrogen-bond acceptors (Lipinski definition) is 3. The van der Waals surface area contributed by atoms with Gasteiger partial charge in [0, 0.05) is 12.6 Å². The number of nitrogens with one attached hydrogen (secondary N) is 2. The fraction of sp³-hybridized carbons (Fsp3) is 0.455. The van der Waals surface area contributed by atoms with Crippen molar-refractivity contribution in [3.63, 3.8) is 0 Å². The first-order valence-corrected chi connectivity index (χ1v) is 7.79. The first-order valence-electron chi connectivity index (χ1n) is 5.55. The first-order chi connectivity index (χ1) is 8.36. The molecule has 0 fully saturated rings. The van der Waals surface area contributed by atoms with Gasteiger partial charge in [-0.05, 0) is 31.7 Å². The van der Waals surface area contributed by atoms with Crippen LogP contribution in [-0.4, -0.2) is 27.5 Å². The van der Waals surface area contributed by atoms with Gasteiger partial charge >= 0.3 is 0 Å². The van der Waals surface area contributed by atoms with Crippen LogP contribution in [0.15, 0.2) is 23.1 Å². The van der Waals surface area contributed by atoms with Gasteiger partial charge in [0.2, 0.25) is 10.0 Å². The zero-order chi connectivity index (χ0) is 13.8. The quantitative estimate of drug-likeness (QED) is 0.847. The maximum atomic E-state index is 12.0. The molecule has 102 valence electrons. The molecular weight excluding hydrogens is 295 g/mol. The molecule has 7 heteroatoms. The maximum absolute atomic E-state index is 12.0. The van der Waals surface area contributed by atoms with E-state index in [0.29, 0.717) is 11.6 Å². The summed E-state index contributed by atoms with van der Waals surface area (Å²) in [7, 11) is -3.55. The van der Waals surface area contributed by atoms with Crippen molar-refractivity contribution in [1.29, 1.82) is 0 Å². The summed E-state index contributed by atoms with van der Waals surface area (Å²) in [5.74, 6) is 0. The average Bonchev–Trinajstić information content (AvgIpc) is 2.30. The fourth-order valence-electron chi connectivity index (χ4n) is 1.38. The van der Waals surface area contributed by atoms with E-state index in [2.05, 4.69) is 10.0 Å². The molecule has 4 nitrogen and oxygen atoms in total. The molecule has 1 aromatic rings. The second-order valence-electron chi connectivity index (χ2n) is 3.89. The van der Waals surface area contributed by atoms with Gasteiger partial charge in [0.05, 0.1) is 14.9 Å². The lowest BCUT2D eigenvalue weighted by Crippen LogP contribution is -2.38. The second-order valence-corrected chi connectivity index (χ2v) is 6.47. The highest BCUT2D eigenvalue weighted by Crippen LogP contribution is 2.24. The van der Waals surface area contributed by atoms with E-state index in [4.69, 9.17) is 23.2 Å². The van der Waals surface area contributed by atoms with E-state index in [9.17, 15) is 8.42 Å². The smallest absolute Gasteiger partial charge is 0.240 e. The summed E-state index contributed by atoms with van der Waals surface area (Å²) in [4.78, 5) is 0.112. The molecule has 0 amide bonds. The molecule has 18 heavy (non-hydrogen) atoms. The number of benzene rings is 1. The third-order valence-electron chi connectivity index (χ3n) is 2.33. The van der Waals surface area contributed by atoms with E-state index in [-0.39, 0.29) is 16.0 Å². The Hall–Kier alpha value is -0.330. The zero-order valence-corrected chi connectivity index (χ0v) is 12.5. The van der Waals surface area contributed by atoms with Crippen LogP contribution in [0.25, 0.3) is 0 Å². The van der Waals surface area contributed by atoms with Gasteiger partial charge in [-0.1, -0.05) is 30.1 Å². The predicted octanol–water partition coefficient (Wildman–Crippen LogP) is 2.27. The monoisotopic (exact) mass is 310 g/mol. The molecule has 2 N–H and O–H groups in total. The molecule has 1 rings (SSSR count). The van der Waals surface area contributed by atoms with Crippen molar-refractivity contribution in [1.82, 2.24) is 10.0 Å². The standard InChI is InChI=1S/C11H16Cl2N2O2S/c1-3-14-8(2)7-15-18(16,17)9-4-5-10(12)11(13)6-9/h4-6,8,14-15H,3,7H2,1-2H3/t8-/m1/s1. The summed E-state index contributed by atoms with van der Waals surface area (Å²) in [6.45, 7) is 4.97. The molecular formula is C11H16Cl2N2O2S. The van der Waals surface area contributed by atoms with Crippen LogP contribution in [-0.2, 0) is 10.0 Å². The van der Waals surface area contributed by atoms with Crippen LogP contribution < -0.4 is 10.0 Å². The van der Waals surface area contributed by atoms with Gasteiger partial charge in [0.25, 0.3) is 0 Å². The second kappa shape index (κ2) is 6.73. The molecule has 1 aromatic carbocycles. The summed E-state index contributed by atoms with van der Waals surface area (Å²) < 4.78 is 26.4. The van der Waals surface area contributed by atoms with E-state index in [1.807, 2.05) is 13.8 Å². The van der Waals surface area contributed by atoms with Crippen LogP contribution in [0.1, 0.15) is 13.8 Å². The molecule has 0 bridgehead atoms. The zero-order valence-electron chi connectivity index (χ0n) is 10.2. The van der Waals surface area contributed by atoms with Crippen molar-refractivity contribution < 1.29 is 8.42 Å². The van der Waals surface area contributed by atoms with Crippen molar-refractivity contribution in [3.8, 4) is 0 Å². The van der Waals surface area contributed by atoms with Crippen LogP contribution in [0.2, 0.25) is 10.0 Å². The van der Waals surface area contributed by atoms with Crippen molar-refractivity contribution in [2.24, 2.45) is 0 Å². The van der Waals surface area contributed by atoms with E-state index in [1.54, 1.807) is 0 Å². The Balaban J connectivity index is 2.77. The van der Waals surface area contributed by atoms with Crippen molar-refractivity contribution in [2.75, 3.05) is 13.1 Å². The van der Waals surface area contributed by atoms with Crippen molar-refractivity contribution in [2.45, 2.75) is 24.8 Å². The third kappa shape index (κ3) is 4.40. The molecule has 0 radical (unpaired) electrons. The Morgan fingerprint density at radius 2 is 1.94 bits per heavy atom. The number of likely N-dealkylation sites (N-methyl/N-ethyl adjacent to an activating group) is 1. The third-order valence-corrected chi connectivity index (χ3v) is 4.49. The van der Waals surface area contributed by atoms with Crippen LogP contribution in [0.4, 0.5) is 0 Å². The van der Waals surface area contributed by atoms with Gasteiger partial charge in [-0.3, -0.25) is 0 Å². The van der Waals surface area contributed by atoms with Gasteiger partial charge in [0.1, 0.15) is 0 Å². The van der Waals surface area contributed by atoms with Gasteiger partial charge in [-0.15, -0.1) is 0 Å². The SMILES string of the molecule is CCN[C@H](C)CNS(=O)(=O)c1ccc(Cl)c(Cl)c1. The minimum atomic E-state index is -3.55. The molecule has 0 aromatic heterocycles. The van der Waals surface area contributed by atoms with Crippen LogP contribution in [0, 0.1) is 0 Å². The molecule has 0 aliphatic rings. The molecule has 0 aliphatic carbocycles. The fourth-order valence-corrected chi connectivity index (χ4v) is 2.90. The molecule has 0 heterocycles. The Morgan fingerprint density at radius 3 is 2.50 bits per heavy atom. The van der Waals surface area contributed by atoms with E-state index < -0.39 is 10.0 Å². The summed E-state index contributed by atoms with van der Waals surface area (Å²) in [5, 5.41) is 3.67. The molecule has 0 unspecified atom stereocenters. The molecule has 0 saturated carbocycles. The highest BCUT2D eigenvalue weighted by atomic mass is 35.5. The minimum absolute atomic E-state index is 0.0625. The molecule has 1 atom stereocenters. The lowest BCUT2D eigenvalue weighted by Gasteiger charge is -2.13. The highest BCUT2D eigenvalue weighted by Gasteiger charge is 2.16. The molecule has 0 aliphatic heterocycles. The van der Waals surface area contributed by atoms with Gasteiger partial charge in [0.15, 0.2) is 0 Å². The van der Waals surface area contributed by atoms with E-state index in [1.165, 1.54) is 18.2 Å². The van der Waals surface area contributed by atoms with Crippen molar-refractivity contribution in [3.05, 3.63) is 28.2 Å². The number of hydrogen-bond donors (Lipinski definition) is 2. The van der Waals surface area contributed by atoms with Gasteiger partial charge in [-0.2, -0.15) is 0 Å². The van der Waals surface area contributed by atoms with E-state index in [0.717, 1.165) is 6.54 Å². The lowest BCUT2D eigenvalue weighted by atomic mass is 10.3. The Kier molecular flexibility index (Phi) is 5.88. The summed E-state index contributed by atoms with van der Waals surface area (Å²) in [5.41, 5.74) is 0. The largest absolute Gasteiger partial charge is 0.313 e. The maximum Gasteiger partial charge on any atom is 0.240 e. The Morgan fingerprint density at radius 1 is 1.28 bits per heavy atom. The highest BCUT2D eigenvalue weighted by molar-refractivity contribution is 7.89. The normalized spacial score (nSPS) is 13.6. The Labute approximate surface area is 118 Å². The summed E-state index contributed by atoms with van der Waals surface area (Å²) in [6.07, 6.45) is 0. The van der Waals surface area contributed by atoms with Crippen LogP contribution in [0.3, 0.4) is 0 Å². The Bertz CT molecular complexity index is 506. The van der Waals surface area contributed by atoms with Gasteiger partial charge in [-0.25, -0.2) is 13.1 Å². The predicted molar refractivity (Wildman–Crippen MR) is 74.8 cm³/mol. The molecule has 0 spiro atoms. The van der Waals surface area contributed by atoms with Crippen LogP contribution in [0.5, 0.6) is 0 Å². The average molecular weight is 311 g/mol. The number of halogens is 2. The first kappa shape index (κ1) is 15.7. The number of rotatable bonds is 6.